The van der Waals surface area contributed by atoms with Crippen LogP contribution in [-0.4, -0.2) is 44.9 Å². The van der Waals surface area contributed by atoms with E-state index in [2.05, 4.69) is 66.4 Å². The van der Waals surface area contributed by atoms with Crippen molar-refractivity contribution in [3.05, 3.63) is 53.6 Å². The highest BCUT2D eigenvalue weighted by Gasteiger charge is 2.38. The molecule has 3 rings (SSSR count). The molecule has 1 aromatic heterocycles. The first kappa shape index (κ1) is 20.6. The van der Waals surface area contributed by atoms with Crippen LogP contribution >= 0.6 is 0 Å². The lowest BCUT2D eigenvalue weighted by atomic mass is 9.99. The predicted octanol–water partition coefficient (Wildman–Crippen LogP) is 4.21. The number of unbranched alkanes of at least 4 members (excludes halogenated alkanes) is 1. The Labute approximate surface area is 169 Å². The molecular formula is C23H34N4O. The maximum Gasteiger partial charge on any atom is 0.246 e. The van der Waals surface area contributed by atoms with Crippen LogP contribution in [0.1, 0.15) is 69.6 Å². The fourth-order valence-electron chi connectivity index (χ4n) is 4.07. The molecule has 5 nitrogen and oxygen atoms in total. The molecule has 152 valence electrons. The number of benzene rings is 1. The van der Waals surface area contributed by atoms with Crippen molar-refractivity contribution in [2.75, 3.05) is 19.6 Å². The van der Waals surface area contributed by atoms with Crippen molar-refractivity contribution in [2.24, 2.45) is 0 Å². The van der Waals surface area contributed by atoms with Crippen molar-refractivity contribution in [3.8, 4) is 0 Å². The predicted molar refractivity (Wildman–Crippen MR) is 113 cm³/mol. The third-order valence-electron chi connectivity index (χ3n) is 5.67. The normalized spacial score (nSPS) is 17.0. The van der Waals surface area contributed by atoms with Gasteiger partial charge in [0, 0.05) is 38.6 Å². The first-order chi connectivity index (χ1) is 13.6. The zero-order valence-corrected chi connectivity index (χ0v) is 17.8. The lowest BCUT2D eigenvalue weighted by Crippen LogP contribution is -2.47. The average molecular weight is 383 g/mol. The second-order valence-electron chi connectivity index (χ2n) is 7.96. The lowest BCUT2D eigenvalue weighted by molar-refractivity contribution is -0.138. The minimum atomic E-state index is -0.259. The Kier molecular flexibility index (Phi) is 6.89. The van der Waals surface area contributed by atoms with Crippen LogP contribution in [0.15, 0.2) is 36.7 Å². The summed E-state index contributed by atoms with van der Waals surface area (Å²) >= 11 is 0. The molecule has 0 fully saturated rings. The fraction of sp³-hybridized carbons (Fsp3) is 0.565. The summed E-state index contributed by atoms with van der Waals surface area (Å²) in [6.07, 6.45) is 4.95. The lowest BCUT2D eigenvalue weighted by Gasteiger charge is -2.38. The molecule has 1 atom stereocenters. The average Bonchev–Trinajstić information content (AvgIpc) is 3.13. The van der Waals surface area contributed by atoms with E-state index in [1.165, 1.54) is 5.56 Å². The van der Waals surface area contributed by atoms with Gasteiger partial charge in [-0.15, -0.1) is 0 Å². The van der Waals surface area contributed by atoms with E-state index in [4.69, 9.17) is 0 Å². The van der Waals surface area contributed by atoms with Crippen LogP contribution in [0.4, 0.5) is 0 Å². The van der Waals surface area contributed by atoms with Gasteiger partial charge >= 0.3 is 0 Å². The SMILES string of the molecule is CCCCN(CC)C(=O)C1c2c(ncn2C(C)C)CCN1Cc1ccccc1. The minimum absolute atomic E-state index is 0.218. The highest BCUT2D eigenvalue weighted by molar-refractivity contribution is 5.83. The van der Waals surface area contributed by atoms with Crippen molar-refractivity contribution in [3.63, 3.8) is 0 Å². The van der Waals surface area contributed by atoms with Gasteiger partial charge in [0.25, 0.3) is 0 Å². The van der Waals surface area contributed by atoms with Gasteiger partial charge in [-0.3, -0.25) is 9.69 Å². The molecule has 0 radical (unpaired) electrons. The molecule has 0 saturated carbocycles. The quantitative estimate of drug-likeness (QED) is 0.687. The fourth-order valence-corrected chi connectivity index (χ4v) is 4.07. The zero-order chi connectivity index (χ0) is 20.1. The number of rotatable bonds is 8. The van der Waals surface area contributed by atoms with Crippen molar-refractivity contribution < 1.29 is 4.79 Å². The van der Waals surface area contributed by atoms with Gasteiger partial charge in [-0.25, -0.2) is 4.98 Å². The molecule has 0 spiro atoms. The van der Waals surface area contributed by atoms with Crippen LogP contribution in [0, 0.1) is 0 Å². The van der Waals surface area contributed by atoms with E-state index in [-0.39, 0.29) is 18.0 Å². The third-order valence-corrected chi connectivity index (χ3v) is 5.67. The molecule has 1 aliphatic heterocycles. The molecular weight excluding hydrogens is 348 g/mol. The minimum Gasteiger partial charge on any atom is -0.341 e. The van der Waals surface area contributed by atoms with Crippen LogP contribution in [-0.2, 0) is 17.8 Å². The van der Waals surface area contributed by atoms with E-state index in [0.717, 1.165) is 56.8 Å². The molecule has 28 heavy (non-hydrogen) atoms. The molecule has 1 aliphatic rings. The summed E-state index contributed by atoms with van der Waals surface area (Å²) in [6.45, 7) is 11.8. The van der Waals surface area contributed by atoms with Crippen LogP contribution in [0.5, 0.6) is 0 Å². The number of aromatic nitrogens is 2. The van der Waals surface area contributed by atoms with Crippen LogP contribution < -0.4 is 0 Å². The Morgan fingerprint density at radius 3 is 2.64 bits per heavy atom. The van der Waals surface area contributed by atoms with E-state index in [1.54, 1.807) is 0 Å². The summed E-state index contributed by atoms with van der Waals surface area (Å²) in [5, 5.41) is 0. The number of hydrogen-bond donors (Lipinski definition) is 0. The van der Waals surface area contributed by atoms with E-state index >= 15 is 0 Å². The van der Waals surface area contributed by atoms with Crippen molar-refractivity contribution in [2.45, 2.75) is 65.6 Å². The molecule has 1 unspecified atom stereocenters. The van der Waals surface area contributed by atoms with Crippen molar-refractivity contribution in [1.82, 2.24) is 19.4 Å². The first-order valence-electron chi connectivity index (χ1n) is 10.7. The first-order valence-corrected chi connectivity index (χ1v) is 10.7. The maximum absolute atomic E-state index is 13.7. The Morgan fingerprint density at radius 2 is 2.00 bits per heavy atom. The number of amides is 1. The molecule has 0 aliphatic carbocycles. The van der Waals surface area contributed by atoms with Gasteiger partial charge in [0.2, 0.25) is 5.91 Å². The van der Waals surface area contributed by atoms with E-state index in [0.29, 0.717) is 0 Å². The largest absolute Gasteiger partial charge is 0.341 e. The monoisotopic (exact) mass is 382 g/mol. The number of nitrogens with zero attached hydrogens (tertiary/aromatic N) is 4. The topological polar surface area (TPSA) is 41.4 Å². The molecule has 1 aromatic carbocycles. The molecule has 1 amide bonds. The van der Waals surface area contributed by atoms with E-state index < -0.39 is 0 Å². The number of hydrogen-bond acceptors (Lipinski definition) is 3. The van der Waals surface area contributed by atoms with Gasteiger partial charge < -0.3 is 9.47 Å². The van der Waals surface area contributed by atoms with Crippen LogP contribution in [0.25, 0.3) is 0 Å². The van der Waals surface area contributed by atoms with Crippen LogP contribution in [0.3, 0.4) is 0 Å². The third kappa shape index (κ3) is 4.30. The Balaban J connectivity index is 1.97. The zero-order valence-electron chi connectivity index (χ0n) is 17.8. The van der Waals surface area contributed by atoms with Crippen LogP contribution in [0.2, 0.25) is 0 Å². The molecule has 2 aromatic rings. The molecule has 2 heterocycles. The van der Waals surface area contributed by atoms with E-state index in [1.807, 2.05) is 17.3 Å². The summed E-state index contributed by atoms with van der Waals surface area (Å²) in [7, 11) is 0. The second kappa shape index (κ2) is 9.37. The Hall–Kier alpha value is -2.14. The second-order valence-corrected chi connectivity index (χ2v) is 7.96. The Bertz CT molecular complexity index is 768. The summed E-state index contributed by atoms with van der Waals surface area (Å²) in [6, 6.07) is 10.5. The highest BCUT2D eigenvalue weighted by atomic mass is 16.2. The maximum atomic E-state index is 13.7. The number of imidazole rings is 1. The van der Waals surface area contributed by atoms with Gasteiger partial charge in [-0.1, -0.05) is 43.7 Å². The summed E-state index contributed by atoms with van der Waals surface area (Å²) in [5.41, 5.74) is 3.43. The van der Waals surface area contributed by atoms with Gasteiger partial charge in [0.05, 0.1) is 17.7 Å². The molecule has 0 saturated heterocycles. The summed E-state index contributed by atoms with van der Waals surface area (Å²) in [4.78, 5) is 22.7. The molecule has 0 bridgehead atoms. The van der Waals surface area contributed by atoms with Gasteiger partial charge in [-0.2, -0.15) is 0 Å². The summed E-state index contributed by atoms with van der Waals surface area (Å²) in [5.74, 6) is 0.218. The van der Waals surface area contributed by atoms with Gasteiger partial charge in [-0.05, 0) is 32.8 Å². The smallest absolute Gasteiger partial charge is 0.246 e. The van der Waals surface area contributed by atoms with Gasteiger partial charge in [0.15, 0.2) is 0 Å². The number of carbonyl (C=O) groups excluding carboxylic acids is 1. The standard InChI is InChI=1S/C23H34N4O/c1-5-7-14-25(6-2)23(28)22-21-20(24-17-27(21)18(3)4)13-15-26(22)16-19-11-9-8-10-12-19/h8-12,17-18,22H,5-7,13-16H2,1-4H3. The number of carbonyl (C=O) groups is 1. The summed E-state index contributed by atoms with van der Waals surface area (Å²) < 4.78 is 2.20. The van der Waals surface area contributed by atoms with Crippen molar-refractivity contribution in [1.29, 1.82) is 0 Å². The molecule has 5 heteroatoms. The number of fused-ring (bicyclic) bond motifs is 1. The number of likely N-dealkylation sites (N-methyl/N-ethyl adjacent to an activating group) is 1. The Morgan fingerprint density at radius 1 is 1.25 bits per heavy atom. The van der Waals surface area contributed by atoms with E-state index in [9.17, 15) is 4.79 Å². The highest BCUT2D eigenvalue weighted by Crippen LogP contribution is 2.34. The molecule has 0 N–H and O–H groups in total. The van der Waals surface area contributed by atoms with Crippen molar-refractivity contribution >= 4 is 5.91 Å². The van der Waals surface area contributed by atoms with Gasteiger partial charge in [0.1, 0.15) is 6.04 Å².